The summed E-state index contributed by atoms with van der Waals surface area (Å²) in [5.74, 6) is -3.01. The summed E-state index contributed by atoms with van der Waals surface area (Å²) in [6.07, 6.45) is 1.61. The Balaban J connectivity index is 0.000000493. The van der Waals surface area contributed by atoms with Gasteiger partial charge >= 0.3 is 12.1 Å². The Morgan fingerprint density at radius 3 is 2.46 bits per heavy atom. The average molecular weight is 607 g/mol. The highest BCUT2D eigenvalue weighted by molar-refractivity contribution is 8.18. The molecule has 2 saturated heterocycles. The van der Waals surface area contributed by atoms with Crippen LogP contribution in [0.15, 0.2) is 58.7 Å². The van der Waals surface area contributed by atoms with Crippen molar-refractivity contribution in [3.8, 4) is 0 Å². The van der Waals surface area contributed by atoms with Crippen LogP contribution in [0.4, 0.5) is 24.5 Å². The van der Waals surface area contributed by atoms with Gasteiger partial charge in [0.1, 0.15) is 0 Å². The third-order valence-corrected chi connectivity index (χ3v) is 7.06. The first kappa shape index (κ1) is 30.0. The molecule has 0 bridgehead atoms. The number of halogens is 4. The number of amides is 2. The molecule has 214 valence electrons. The van der Waals surface area contributed by atoms with Crippen molar-refractivity contribution in [2.75, 3.05) is 18.4 Å². The Bertz CT molecular complexity index is 1540. The van der Waals surface area contributed by atoms with Gasteiger partial charge in [0, 0.05) is 24.0 Å². The molecule has 2 aliphatic heterocycles. The number of nitrogens with one attached hydrogen (secondary N) is 3. The first-order valence-corrected chi connectivity index (χ1v) is 13.3. The average Bonchev–Trinajstić information content (AvgIpc) is 3.28. The number of amidine groups is 1. The minimum Gasteiger partial charge on any atom is -0.475 e. The second kappa shape index (κ2) is 13.1. The van der Waals surface area contributed by atoms with E-state index < -0.39 is 12.1 Å². The Kier molecular flexibility index (Phi) is 9.57. The van der Waals surface area contributed by atoms with Crippen LogP contribution in [0.5, 0.6) is 0 Å². The molecule has 10 nitrogen and oxygen atoms in total. The highest BCUT2D eigenvalue weighted by Crippen LogP contribution is 2.33. The van der Waals surface area contributed by atoms with Gasteiger partial charge in [-0.05, 0) is 79.7 Å². The number of alkyl halides is 3. The molecule has 4 N–H and O–H groups in total. The topological polar surface area (TPSA) is 146 Å². The van der Waals surface area contributed by atoms with E-state index in [1.165, 1.54) is 11.8 Å². The van der Waals surface area contributed by atoms with Crippen LogP contribution in [0.2, 0.25) is 5.02 Å². The lowest BCUT2D eigenvalue weighted by Gasteiger charge is -2.21. The van der Waals surface area contributed by atoms with Crippen molar-refractivity contribution >= 4 is 74.8 Å². The lowest BCUT2D eigenvalue weighted by atomic mass is 9.97. The summed E-state index contributed by atoms with van der Waals surface area (Å²) in [5, 5.41) is 17.0. The van der Waals surface area contributed by atoms with E-state index in [1.54, 1.807) is 36.7 Å². The molecule has 2 aromatic carbocycles. The molecule has 2 aliphatic rings. The molecule has 0 aliphatic carbocycles. The summed E-state index contributed by atoms with van der Waals surface area (Å²) in [4.78, 5) is 47.6. The van der Waals surface area contributed by atoms with Gasteiger partial charge in [-0.25, -0.2) is 9.79 Å². The summed E-state index contributed by atoms with van der Waals surface area (Å²) in [6, 6.07) is 10.8. The van der Waals surface area contributed by atoms with Crippen LogP contribution in [0.3, 0.4) is 0 Å². The summed E-state index contributed by atoms with van der Waals surface area (Å²) < 4.78 is 31.7. The number of nitrogens with zero attached hydrogens (tertiary/aromatic N) is 3. The van der Waals surface area contributed by atoms with Crippen molar-refractivity contribution in [1.29, 1.82) is 0 Å². The normalized spacial score (nSPS) is 17.7. The zero-order valence-corrected chi connectivity index (χ0v) is 22.6. The number of thioether (sulfide) groups is 1. The van der Waals surface area contributed by atoms with Crippen molar-refractivity contribution < 1.29 is 32.7 Å². The molecule has 0 radical (unpaired) electrons. The fraction of sp³-hybridized carbons (Fsp3) is 0.231. The van der Waals surface area contributed by atoms with E-state index in [4.69, 9.17) is 21.5 Å². The third kappa shape index (κ3) is 8.25. The second-order valence-corrected chi connectivity index (χ2v) is 10.2. The minimum atomic E-state index is -5.08. The van der Waals surface area contributed by atoms with Gasteiger partial charge in [0.2, 0.25) is 5.91 Å². The van der Waals surface area contributed by atoms with Crippen LogP contribution < -0.4 is 16.0 Å². The lowest BCUT2D eigenvalue weighted by molar-refractivity contribution is -0.192. The van der Waals surface area contributed by atoms with Gasteiger partial charge in [-0.3, -0.25) is 19.6 Å². The number of carboxylic acid groups (broad SMARTS) is 1. The van der Waals surface area contributed by atoms with Crippen molar-refractivity contribution in [3.05, 3.63) is 64.3 Å². The highest BCUT2D eigenvalue weighted by Gasteiger charge is 2.38. The molecule has 5 rings (SSSR count). The molecule has 0 spiro atoms. The molecule has 2 fully saturated rings. The maximum Gasteiger partial charge on any atom is 0.490 e. The lowest BCUT2D eigenvalue weighted by Crippen LogP contribution is -2.34. The summed E-state index contributed by atoms with van der Waals surface area (Å²) in [7, 11) is 0. The minimum absolute atomic E-state index is 0.00346. The Morgan fingerprint density at radius 1 is 1.10 bits per heavy atom. The molecule has 3 aromatic rings. The summed E-state index contributed by atoms with van der Waals surface area (Å²) in [5.41, 5.74) is 3.47. The van der Waals surface area contributed by atoms with Crippen molar-refractivity contribution in [2.45, 2.75) is 19.0 Å². The number of hydrogen-bond acceptors (Lipinski definition) is 8. The monoisotopic (exact) mass is 606 g/mol. The van der Waals surface area contributed by atoms with Crippen LogP contribution in [0.1, 0.15) is 18.4 Å². The Morgan fingerprint density at radius 2 is 1.78 bits per heavy atom. The van der Waals surface area contributed by atoms with E-state index in [1.807, 2.05) is 18.2 Å². The van der Waals surface area contributed by atoms with Gasteiger partial charge in [0.15, 0.2) is 5.17 Å². The fourth-order valence-electron chi connectivity index (χ4n) is 3.82. The van der Waals surface area contributed by atoms with Gasteiger partial charge in [0.25, 0.3) is 5.91 Å². The van der Waals surface area contributed by atoms with E-state index in [0.29, 0.717) is 26.5 Å². The molecule has 2 amide bonds. The van der Waals surface area contributed by atoms with E-state index in [9.17, 15) is 22.8 Å². The van der Waals surface area contributed by atoms with Crippen LogP contribution in [-0.2, 0) is 14.4 Å². The number of carbonyl (C=O) groups excluding carboxylic acids is 2. The number of aromatic nitrogens is 2. The van der Waals surface area contributed by atoms with Crippen molar-refractivity contribution in [2.24, 2.45) is 10.9 Å². The number of benzene rings is 2. The van der Waals surface area contributed by atoms with Gasteiger partial charge in [-0.2, -0.15) is 13.2 Å². The maximum absolute atomic E-state index is 12.6. The number of fused-ring (bicyclic) bond motifs is 1. The quantitative estimate of drug-likeness (QED) is 0.311. The Hall–Kier alpha value is -4.01. The maximum atomic E-state index is 12.6. The first-order valence-electron chi connectivity index (χ1n) is 12.1. The predicted molar refractivity (Wildman–Crippen MR) is 150 cm³/mol. The molecular weight excluding hydrogens is 585 g/mol. The molecule has 0 saturated carbocycles. The van der Waals surface area contributed by atoms with Crippen molar-refractivity contribution in [1.82, 2.24) is 20.6 Å². The van der Waals surface area contributed by atoms with Gasteiger partial charge in [-0.15, -0.1) is 0 Å². The number of aliphatic imine (C=N–C) groups is 1. The van der Waals surface area contributed by atoms with Crippen LogP contribution in [0.25, 0.3) is 17.1 Å². The van der Waals surface area contributed by atoms with Crippen molar-refractivity contribution in [3.63, 3.8) is 0 Å². The Labute approximate surface area is 240 Å². The predicted octanol–water partition coefficient (Wildman–Crippen LogP) is 4.75. The molecule has 15 heteroatoms. The molecule has 41 heavy (non-hydrogen) atoms. The number of carbonyl (C=O) groups is 3. The SMILES string of the molecule is O=C(O)C(F)(F)F.O=C1NC(=Nc2cc(NC(=O)C3CCNCC3)ccc2Cl)SC1=Cc1ccc2nccnc2c1. The number of anilines is 1. The summed E-state index contributed by atoms with van der Waals surface area (Å²) >= 11 is 7.57. The zero-order chi connectivity index (χ0) is 29.6. The van der Waals surface area contributed by atoms with Crippen LogP contribution in [0, 0.1) is 5.92 Å². The molecule has 1 aromatic heterocycles. The van der Waals surface area contributed by atoms with E-state index in [-0.39, 0.29) is 17.7 Å². The largest absolute Gasteiger partial charge is 0.490 e. The molecular formula is C26H22ClF3N6O4S. The second-order valence-electron chi connectivity index (χ2n) is 8.77. The summed E-state index contributed by atoms with van der Waals surface area (Å²) in [6.45, 7) is 1.69. The van der Waals surface area contributed by atoms with Crippen LogP contribution in [-0.4, -0.2) is 57.3 Å². The molecule has 0 unspecified atom stereocenters. The van der Waals surface area contributed by atoms with Gasteiger partial charge in [-0.1, -0.05) is 17.7 Å². The number of rotatable bonds is 4. The number of piperidine rings is 1. The molecule has 3 heterocycles. The number of aliphatic carboxylic acids is 1. The number of carboxylic acids is 1. The smallest absolute Gasteiger partial charge is 0.475 e. The van der Waals surface area contributed by atoms with E-state index in [2.05, 4.69) is 30.9 Å². The van der Waals surface area contributed by atoms with E-state index >= 15 is 0 Å². The molecule has 0 atom stereocenters. The first-order chi connectivity index (χ1) is 19.5. The fourth-order valence-corrected chi connectivity index (χ4v) is 4.81. The van der Waals surface area contributed by atoms with Crippen LogP contribution >= 0.6 is 23.4 Å². The standard InChI is InChI=1S/C24H21ClN6O2S.C2HF3O2/c25-17-3-2-16(29-22(32)15-5-7-26-8-6-15)13-19(17)30-24-31-23(33)21(34-24)12-14-1-4-18-20(11-14)28-10-9-27-18;3-2(4,5)1(6)7/h1-4,9-13,15,26H,5-8H2,(H,29,32)(H,30,31,33);(H,6,7). The third-order valence-electron chi connectivity index (χ3n) is 5.83. The van der Waals surface area contributed by atoms with E-state index in [0.717, 1.165) is 42.5 Å². The van der Waals surface area contributed by atoms with Gasteiger partial charge < -0.3 is 21.1 Å². The van der Waals surface area contributed by atoms with Gasteiger partial charge in [0.05, 0.1) is 26.6 Å². The highest BCUT2D eigenvalue weighted by atomic mass is 35.5. The zero-order valence-electron chi connectivity index (χ0n) is 21.0. The number of hydrogen-bond donors (Lipinski definition) is 4.